The fraction of sp³-hybridized carbons (Fsp3) is 0.438. The Morgan fingerprint density at radius 2 is 2.10 bits per heavy atom. The van der Waals surface area contributed by atoms with Crippen LogP contribution < -0.4 is 0 Å². The average Bonchev–Trinajstić information content (AvgIpc) is 2.48. The number of hydrogen-bond acceptors (Lipinski definition) is 3. The largest absolute Gasteiger partial charge is 0.450 e. The second-order valence-electron chi connectivity index (χ2n) is 4.94. The molecule has 0 atom stereocenters. The molecule has 1 aromatic carbocycles. The van der Waals surface area contributed by atoms with Crippen LogP contribution in [0.5, 0.6) is 0 Å². The van der Waals surface area contributed by atoms with Crippen LogP contribution in [-0.2, 0) is 4.74 Å². The van der Waals surface area contributed by atoms with E-state index in [4.69, 9.17) is 16.3 Å². The molecule has 0 unspecified atom stereocenters. The number of ether oxygens (including phenoxy) is 1. The summed E-state index contributed by atoms with van der Waals surface area (Å²) in [5.74, 6) is 0. The summed E-state index contributed by atoms with van der Waals surface area (Å²) in [5.41, 5.74) is 1.10. The Morgan fingerprint density at radius 1 is 1.33 bits per heavy atom. The number of nitrogens with zero attached hydrogens (tertiary/aromatic N) is 2. The van der Waals surface area contributed by atoms with Crippen LogP contribution in [0.2, 0.25) is 5.02 Å². The van der Waals surface area contributed by atoms with Gasteiger partial charge in [-0.3, -0.25) is 4.90 Å². The summed E-state index contributed by atoms with van der Waals surface area (Å²) in [4.78, 5) is 15.7. The number of hydrogen-bond donors (Lipinski definition) is 0. The predicted molar refractivity (Wildman–Crippen MR) is 85.5 cm³/mol. The summed E-state index contributed by atoms with van der Waals surface area (Å²) in [6, 6.07) is 7.78. The number of halogens is 1. The molecule has 1 heterocycles. The second-order valence-corrected chi connectivity index (χ2v) is 5.38. The van der Waals surface area contributed by atoms with Crippen molar-refractivity contribution in [1.29, 1.82) is 0 Å². The number of rotatable bonds is 4. The minimum absolute atomic E-state index is 0.202. The molecule has 0 aliphatic carbocycles. The Labute approximate surface area is 130 Å². The fourth-order valence-corrected chi connectivity index (χ4v) is 2.47. The van der Waals surface area contributed by atoms with E-state index in [0.717, 1.165) is 43.3 Å². The van der Waals surface area contributed by atoms with E-state index < -0.39 is 0 Å². The first-order chi connectivity index (χ1) is 10.2. The first-order valence-corrected chi connectivity index (χ1v) is 7.63. The van der Waals surface area contributed by atoms with E-state index >= 15 is 0 Å². The van der Waals surface area contributed by atoms with Crippen LogP contribution in [0.4, 0.5) is 4.79 Å². The van der Waals surface area contributed by atoms with Gasteiger partial charge in [-0.05, 0) is 24.6 Å². The molecule has 4 nitrogen and oxygen atoms in total. The second kappa shape index (κ2) is 8.05. The quantitative estimate of drug-likeness (QED) is 0.856. The fourth-order valence-electron chi connectivity index (χ4n) is 2.28. The lowest BCUT2D eigenvalue weighted by Crippen LogP contribution is -2.48. The molecule has 0 N–H and O–H groups in total. The summed E-state index contributed by atoms with van der Waals surface area (Å²) in [7, 11) is 0. The van der Waals surface area contributed by atoms with Gasteiger partial charge in [0.25, 0.3) is 0 Å². The Balaban J connectivity index is 1.75. The normalized spacial score (nSPS) is 16.4. The zero-order valence-corrected chi connectivity index (χ0v) is 13.1. The van der Waals surface area contributed by atoms with E-state index in [-0.39, 0.29) is 6.09 Å². The minimum atomic E-state index is -0.202. The molecule has 0 spiro atoms. The maximum Gasteiger partial charge on any atom is 0.409 e. The van der Waals surface area contributed by atoms with Gasteiger partial charge in [-0.25, -0.2) is 4.79 Å². The van der Waals surface area contributed by atoms with Gasteiger partial charge in [0, 0.05) is 37.7 Å². The van der Waals surface area contributed by atoms with Crippen molar-refractivity contribution < 1.29 is 9.53 Å². The molecule has 1 aliphatic rings. The first kappa shape index (κ1) is 15.9. The summed E-state index contributed by atoms with van der Waals surface area (Å²) in [6.07, 6.45) is 4.00. The zero-order valence-electron chi connectivity index (χ0n) is 12.3. The highest BCUT2D eigenvalue weighted by molar-refractivity contribution is 6.30. The molecule has 1 aliphatic heterocycles. The maximum absolute atomic E-state index is 11.6. The summed E-state index contributed by atoms with van der Waals surface area (Å²) in [6.45, 7) is 6.34. The van der Waals surface area contributed by atoms with Crippen molar-refractivity contribution in [2.24, 2.45) is 0 Å². The predicted octanol–water partition coefficient (Wildman–Crippen LogP) is 3.13. The van der Waals surface area contributed by atoms with E-state index in [0.29, 0.717) is 6.61 Å². The highest BCUT2D eigenvalue weighted by atomic mass is 35.5. The van der Waals surface area contributed by atoms with E-state index in [2.05, 4.69) is 17.1 Å². The van der Waals surface area contributed by atoms with Gasteiger partial charge in [-0.15, -0.1) is 0 Å². The SMILES string of the molecule is CCOC(=O)N1CCN(C/C=C/c2cccc(Cl)c2)CC1. The van der Waals surface area contributed by atoms with Crippen LogP contribution in [0, 0.1) is 0 Å². The van der Waals surface area contributed by atoms with Crippen molar-refractivity contribution >= 4 is 23.8 Å². The Bertz CT molecular complexity index is 497. The third-order valence-corrected chi connectivity index (χ3v) is 3.66. The van der Waals surface area contributed by atoms with Crippen molar-refractivity contribution in [3.8, 4) is 0 Å². The van der Waals surface area contributed by atoms with E-state index in [1.807, 2.05) is 31.2 Å². The molecule has 1 saturated heterocycles. The van der Waals surface area contributed by atoms with Gasteiger partial charge in [0.2, 0.25) is 0 Å². The first-order valence-electron chi connectivity index (χ1n) is 7.25. The Kier molecular flexibility index (Phi) is 6.08. The Morgan fingerprint density at radius 3 is 2.76 bits per heavy atom. The van der Waals surface area contributed by atoms with Crippen molar-refractivity contribution in [2.75, 3.05) is 39.3 Å². The van der Waals surface area contributed by atoms with Gasteiger partial charge in [0.15, 0.2) is 0 Å². The molecular formula is C16H21ClN2O2. The number of carbonyl (C=O) groups is 1. The minimum Gasteiger partial charge on any atom is -0.450 e. The van der Waals surface area contributed by atoms with Gasteiger partial charge >= 0.3 is 6.09 Å². The van der Waals surface area contributed by atoms with Crippen LogP contribution in [0.25, 0.3) is 6.08 Å². The number of piperazine rings is 1. The van der Waals surface area contributed by atoms with E-state index in [1.54, 1.807) is 4.90 Å². The molecule has 1 aromatic rings. The molecule has 21 heavy (non-hydrogen) atoms. The van der Waals surface area contributed by atoms with Gasteiger partial charge in [0.1, 0.15) is 0 Å². The molecule has 0 aromatic heterocycles. The molecule has 1 fully saturated rings. The lowest BCUT2D eigenvalue weighted by Gasteiger charge is -2.33. The van der Waals surface area contributed by atoms with Crippen molar-refractivity contribution in [1.82, 2.24) is 9.80 Å². The molecule has 1 amide bonds. The molecule has 5 heteroatoms. The third kappa shape index (κ3) is 5.06. The molecule has 0 bridgehead atoms. The van der Waals surface area contributed by atoms with Crippen molar-refractivity contribution in [3.63, 3.8) is 0 Å². The van der Waals surface area contributed by atoms with E-state index in [1.165, 1.54) is 0 Å². The van der Waals surface area contributed by atoms with Crippen LogP contribution in [0.3, 0.4) is 0 Å². The van der Waals surface area contributed by atoms with Crippen LogP contribution in [0.15, 0.2) is 30.3 Å². The topological polar surface area (TPSA) is 32.8 Å². The monoisotopic (exact) mass is 308 g/mol. The van der Waals surface area contributed by atoms with Gasteiger partial charge < -0.3 is 9.64 Å². The molecule has 0 radical (unpaired) electrons. The van der Waals surface area contributed by atoms with Crippen molar-refractivity contribution in [3.05, 3.63) is 40.9 Å². The summed E-state index contributed by atoms with van der Waals surface area (Å²) in [5, 5.41) is 0.750. The third-order valence-electron chi connectivity index (χ3n) is 3.42. The summed E-state index contributed by atoms with van der Waals surface area (Å²) >= 11 is 5.95. The highest BCUT2D eigenvalue weighted by Crippen LogP contribution is 2.12. The average molecular weight is 309 g/mol. The van der Waals surface area contributed by atoms with Gasteiger partial charge in [-0.1, -0.05) is 35.9 Å². The molecule has 0 saturated carbocycles. The number of carbonyl (C=O) groups excluding carboxylic acids is 1. The van der Waals surface area contributed by atoms with Gasteiger partial charge in [0.05, 0.1) is 6.61 Å². The van der Waals surface area contributed by atoms with E-state index in [9.17, 15) is 4.79 Å². The smallest absolute Gasteiger partial charge is 0.409 e. The van der Waals surface area contributed by atoms with Crippen LogP contribution in [0.1, 0.15) is 12.5 Å². The zero-order chi connectivity index (χ0) is 15.1. The number of amides is 1. The molecule has 2 rings (SSSR count). The molecule has 114 valence electrons. The molecular weight excluding hydrogens is 288 g/mol. The Hall–Kier alpha value is -1.52. The van der Waals surface area contributed by atoms with Crippen LogP contribution >= 0.6 is 11.6 Å². The van der Waals surface area contributed by atoms with Crippen molar-refractivity contribution in [2.45, 2.75) is 6.92 Å². The lowest BCUT2D eigenvalue weighted by molar-refractivity contribution is 0.0825. The number of benzene rings is 1. The maximum atomic E-state index is 11.6. The lowest BCUT2D eigenvalue weighted by atomic mass is 10.2. The highest BCUT2D eigenvalue weighted by Gasteiger charge is 2.20. The standard InChI is InChI=1S/C16H21ClN2O2/c1-2-21-16(20)19-11-9-18(10-12-19)8-4-6-14-5-3-7-15(17)13-14/h3-7,13H,2,8-12H2,1H3/b6-4+. The van der Waals surface area contributed by atoms with Gasteiger partial charge in [-0.2, -0.15) is 0 Å². The van der Waals surface area contributed by atoms with Crippen LogP contribution in [-0.4, -0.2) is 55.2 Å². The summed E-state index contributed by atoms with van der Waals surface area (Å²) < 4.78 is 5.01.